The Bertz CT molecular complexity index is 658. The summed E-state index contributed by atoms with van der Waals surface area (Å²) < 4.78 is 0. The van der Waals surface area contributed by atoms with E-state index in [0.717, 1.165) is 29.8 Å². The highest BCUT2D eigenvalue weighted by molar-refractivity contribution is 5.90. The summed E-state index contributed by atoms with van der Waals surface area (Å²) >= 11 is 0. The van der Waals surface area contributed by atoms with E-state index in [1.54, 1.807) is 6.33 Å². The molecular formula is C16H23N5. The highest BCUT2D eigenvalue weighted by Crippen LogP contribution is 2.45. The van der Waals surface area contributed by atoms with Crippen molar-refractivity contribution in [3.63, 3.8) is 0 Å². The smallest absolute Gasteiger partial charge is 0.143 e. The molecule has 3 heterocycles. The van der Waals surface area contributed by atoms with E-state index in [4.69, 9.17) is 0 Å². The van der Waals surface area contributed by atoms with Crippen LogP contribution in [0.1, 0.15) is 38.2 Å². The van der Waals surface area contributed by atoms with Crippen molar-refractivity contribution in [3.05, 3.63) is 18.1 Å². The predicted molar refractivity (Wildman–Crippen MR) is 84.5 cm³/mol. The molecule has 2 N–H and O–H groups in total. The molecule has 5 nitrogen and oxygen atoms in total. The van der Waals surface area contributed by atoms with Crippen molar-refractivity contribution >= 4 is 16.9 Å². The molecule has 1 aliphatic carbocycles. The number of hydrogen-bond acceptors (Lipinski definition) is 4. The van der Waals surface area contributed by atoms with E-state index < -0.39 is 0 Å². The largest absolute Gasteiger partial charge is 0.365 e. The Balaban J connectivity index is 1.62. The zero-order chi connectivity index (χ0) is 14.4. The molecule has 0 amide bonds. The quantitative estimate of drug-likeness (QED) is 0.910. The van der Waals surface area contributed by atoms with E-state index >= 15 is 0 Å². The average Bonchev–Trinajstić information content (AvgIpc) is 3.00. The molecule has 5 heteroatoms. The van der Waals surface area contributed by atoms with Crippen LogP contribution in [0.5, 0.6) is 0 Å². The molecule has 0 radical (unpaired) electrons. The minimum Gasteiger partial charge on any atom is -0.365 e. The van der Waals surface area contributed by atoms with Crippen LogP contribution < -0.4 is 5.32 Å². The van der Waals surface area contributed by atoms with Crippen molar-refractivity contribution in [1.82, 2.24) is 19.9 Å². The van der Waals surface area contributed by atoms with Crippen LogP contribution in [0.3, 0.4) is 0 Å². The number of nitrogens with one attached hydrogen (secondary N) is 2. The number of aromatic amines is 1. The first-order valence-corrected chi connectivity index (χ1v) is 8.00. The van der Waals surface area contributed by atoms with Gasteiger partial charge in [0.1, 0.15) is 17.8 Å². The third-order valence-electron chi connectivity index (χ3n) is 5.49. The van der Waals surface area contributed by atoms with Crippen molar-refractivity contribution in [2.45, 2.75) is 50.6 Å². The summed E-state index contributed by atoms with van der Waals surface area (Å²) in [5, 5.41) is 4.85. The van der Waals surface area contributed by atoms with Gasteiger partial charge in [-0.25, -0.2) is 9.97 Å². The Morgan fingerprint density at radius 2 is 2.29 bits per heavy atom. The summed E-state index contributed by atoms with van der Waals surface area (Å²) in [6.45, 7) is 3.28. The van der Waals surface area contributed by atoms with Gasteiger partial charge >= 0.3 is 0 Å². The predicted octanol–water partition coefficient (Wildman–Crippen LogP) is 2.56. The van der Waals surface area contributed by atoms with Gasteiger partial charge < -0.3 is 10.3 Å². The molecule has 1 aliphatic heterocycles. The number of anilines is 1. The first-order chi connectivity index (χ1) is 10.2. The number of likely N-dealkylation sites (N-methyl/N-ethyl adjacent to an activating group) is 1. The van der Waals surface area contributed by atoms with Crippen LogP contribution in [0.4, 0.5) is 5.82 Å². The Labute approximate surface area is 125 Å². The fraction of sp³-hybridized carbons (Fsp3) is 0.625. The second-order valence-corrected chi connectivity index (χ2v) is 6.62. The summed E-state index contributed by atoms with van der Waals surface area (Å²) in [6.07, 6.45) is 10.0. The van der Waals surface area contributed by atoms with Crippen LogP contribution in [0.25, 0.3) is 11.0 Å². The maximum Gasteiger partial charge on any atom is 0.143 e. The van der Waals surface area contributed by atoms with E-state index in [2.05, 4.69) is 45.3 Å². The SMILES string of the molecule is CCc1c[nH]c2ncnc(NC3CN(C)C4(CCC4)C3)c12. The fourth-order valence-corrected chi connectivity index (χ4v) is 4.08. The molecule has 0 aromatic carbocycles. The second kappa shape index (κ2) is 4.70. The maximum atomic E-state index is 4.51. The van der Waals surface area contributed by atoms with E-state index in [0.29, 0.717) is 11.6 Å². The molecular weight excluding hydrogens is 262 g/mol. The molecule has 21 heavy (non-hydrogen) atoms. The molecule has 2 aromatic heterocycles. The number of fused-ring (bicyclic) bond motifs is 1. The molecule has 1 saturated carbocycles. The number of likely N-dealkylation sites (tertiary alicyclic amines) is 1. The molecule has 0 bridgehead atoms. The summed E-state index contributed by atoms with van der Waals surface area (Å²) in [4.78, 5) is 14.6. The van der Waals surface area contributed by atoms with E-state index in [1.807, 2.05) is 0 Å². The third-order valence-corrected chi connectivity index (χ3v) is 5.49. The van der Waals surface area contributed by atoms with Gasteiger partial charge in [-0.05, 0) is 44.7 Å². The number of aromatic nitrogens is 3. The Morgan fingerprint density at radius 1 is 1.43 bits per heavy atom. The normalized spacial score (nSPS) is 24.6. The molecule has 2 aromatic rings. The zero-order valence-corrected chi connectivity index (χ0v) is 12.8. The minimum absolute atomic E-state index is 0.468. The van der Waals surface area contributed by atoms with Crippen molar-refractivity contribution in [1.29, 1.82) is 0 Å². The zero-order valence-electron chi connectivity index (χ0n) is 12.8. The molecule has 112 valence electrons. The van der Waals surface area contributed by atoms with Crippen LogP contribution in [0.2, 0.25) is 0 Å². The lowest BCUT2D eigenvalue weighted by Gasteiger charge is -2.44. The van der Waals surface area contributed by atoms with Crippen molar-refractivity contribution in [2.75, 3.05) is 18.9 Å². The van der Waals surface area contributed by atoms with E-state index in [-0.39, 0.29) is 0 Å². The minimum atomic E-state index is 0.468. The lowest BCUT2D eigenvalue weighted by Crippen LogP contribution is -2.46. The topological polar surface area (TPSA) is 56.8 Å². The van der Waals surface area contributed by atoms with Crippen molar-refractivity contribution < 1.29 is 0 Å². The van der Waals surface area contributed by atoms with E-state index in [1.165, 1.54) is 31.2 Å². The molecule has 1 atom stereocenters. The van der Waals surface area contributed by atoms with Gasteiger partial charge in [0.2, 0.25) is 0 Å². The van der Waals surface area contributed by atoms with Gasteiger partial charge in [-0.15, -0.1) is 0 Å². The first kappa shape index (κ1) is 13.1. The summed E-state index contributed by atoms with van der Waals surface area (Å²) in [5.41, 5.74) is 2.70. The van der Waals surface area contributed by atoms with Gasteiger partial charge in [0.15, 0.2) is 0 Å². The lowest BCUT2D eigenvalue weighted by molar-refractivity contribution is 0.0801. The molecule has 1 saturated heterocycles. The van der Waals surface area contributed by atoms with Gasteiger partial charge in [0.25, 0.3) is 0 Å². The van der Waals surface area contributed by atoms with Gasteiger partial charge in [0, 0.05) is 24.3 Å². The van der Waals surface area contributed by atoms with Crippen LogP contribution in [0.15, 0.2) is 12.5 Å². The molecule has 2 aliphatic rings. The molecule has 4 rings (SSSR count). The van der Waals surface area contributed by atoms with Crippen molar-refractivity contribution in [2.24, 2.45) is 0 Å². The van der Waals surface area contributed by atoms with Gasteiger partial charge in [0.05, 0.1) is 5.39 Å². The van der Waals surface area contributed by atoms with Crippen LogP contribution in [-0.4, -0.2) is 45.0 Å². The second-order valence-electron chi connectivity index (χ2n) is 6.62. The molecule has 1 spiro atoms. The van der Waals surface area contributed by atoms with Crippen LogP contribution >= 0.6 is 0 Å². The highest BCUT2D eigenvalue weighted by Gasteiger charge is 2.47. The van der Waals surface area contributed by atoms with Gasteiger partial charge in [-0.1, -0.05) is 6.92 Å². The van der Waals surface area contributed by atoms with Gasteiger partial charge in [-0.3, -0.25) is 4.90 Å². The number of hydrogen-bond donors (Lipinski definition) is 2. The highest BCUT2D eigenvalue weighted by atomic mass is 15.3. The van der Waals surface area contributed by atoms with Crippen LogP contribution in [0, 0.1) is 0 Å². The number of rotatable bonds is 3. The monoisotopic (exact) mass is 285 g/mol. The van der Waals surface area contributed by atoms with Gasteiger partial charge in [-0.2, -0.15) is 0 Å². The lowest BCUT2D eigenvalue weighted by atomic mass is 9.74. The molecule has 1 unspecified atom stereocenters. The van der Waals surface area contributed by atoms with Crippen LogP contribution in [-0.2, 0) is 6.42 Å². The Hall–Kier alpha value is -1.62. The number of H-pyrrole nitrogens is 1. The number of aryl methyl sites for hydroxylation is 1. The summed E-state index contributed by atoms with van der Waals surface area (Å²) in [6, 6.07) is 0.494. The first-order valence-electron chi connectivity index (χ1n) is 8.00. The third kappa shape index (κ3) is 1.94. The average molecular weight is 285 g/mol. The Morgan fingerprint density at radius 3 is 2.95 bits per heavy atom. The molecule has 2 fully saturated rings. The number of nitrogens with zero attached hydrogens (tertiary/aromatic N) is 3. The summed E-state index contributed by atoms with van der Waals surface area (Å²) in [5.74, 6) is 0.993. The van der Waals surface area contributed by atoms with Crippen molar-refractivity contribution in [3.8, 4) is 0 Å². The summed E-state index contributed by atoms with van der Waals surface area (Å²) in [7, 11) is 2.27. The maximum absolute atomic E-state index is 4.51. The fourth-order valence-electron chi connectivity index (χ4n) is 4.08. The standard InChI is InChI=1S/C16H23N5/c1-3-11-8-17-14-13(11)15(19-10-18-14)20-12-7-16(5-4-6-16)21(2)9-12/h8,10,12H,3-7,9H2,1-2H3,(H2,17,18,19,20). The Kier molecular flexibility index (Phi) is 2.92. The van der Waals surface area contributed by atoms with E-state index in [9.17, 15) is 0 Å².